The van der Waals surface area contributed by atoms with Crippen LogP contribution in [0.4, 0.5) is 0 Å². The fourth-order valence-corrected chi connectivity index (χ4v) is 6.65. The number of carboxylic acids is 1. The minimum absolute atomic E-state index is 0.145. The fraction of sp³-hybridized carbons (Fsp3) is 0.238. The van der Waals surface area contributed by atoms with Crippen LogP contribution in [0.15, 0.2) is 71.0 Å². The molecule has 1 atom stereocenters. The van der Waals surface area contributed by atoms with Gasteiger partial charge in [-0.25, -0.2) is 21.8 Å². The lowest BCUT2D eigenvalue weighted by Crippen LogP contribution is -2.59. The first-order valence-corrected chi connectivity index (χ1v) is 13.5. The third kappa shape index (κ3) is 5.18. The van der Waals surface area contributed by atoms with Crippen molar-refractivity contribution >= 4 is 37.6 Å². The van der Waals surface area contributed by atoms with Gasteiger partial charge in [0.25, 0.3) is 10.0 Å². The Bertz CT molecular complexity index is 1440. The number of imidazole rings is 1. The van der Waals surface area contributed by atoms with Crippen molar-refractivity contribution in [2.75, 3.05) is 19.6 Å². The molecule has 0 spiro atoms. The van der Waals surface area contributed by atoms with Crippen molar-refractivity contribution in [1.82, 2.24) is 18.2 Å². The first-order valence-electron chi connectivity index (χ1n) is 10.2. The van der Waals surface area contributed by atoms with Crippen LogP contribution in [0.5, 0.6) is 11.5 Å². The zero-order valence-electron chi connectivity index (χ0n) is 18.4. The molecular formula is C21H21ClN4O7S2. The lowest BCUT2D eigenvalue weighted by Gasteiger charge is -2.37. The van der Waals surface area contributed by atoms with Crippen LogP contribution in [-0.4, -0.2) is 71.7 Å². The molecule has 3 aromatic rings. The van der Waals surface area contributed by atoms with Gasteiger partial charge in [-0.1, -0.05) is 11.6 Å². The van der Waals surface area contributed by atoms with Gasteiger partial charge in [-0.2, -0.15) is 8.61 Å². The lowest BCUT2D eigenvalue weighted by molar-refractivity contribution is -0.142. The van der Waals surface area contributed by atoms with Crippen LogP contribution in [0.1, 0.15) is 0 Å². The van der Waals surface area contributed by atoms with Crippen molar-refractivity contribution in [3.63, 3.8) is 0 Å². The van der Waals surface area contributed by atoms with Crippen LogP contribution in [0.3, 0.4) is 0 Å². The van der Waals surface area contributed by atoms with Crippen molar-refractivity contribution in [3.8, 4) is 11.5 Å². The van der Waals surface area contributed by atoms with Crippen molar-refractivity contribution in [2.45, 2.75) is 16.0 Å². The molecular weight excluding hydrogens is 520 g/mol. The van der Waals surface area contributed by atoms with Crippen LogP contribution in [0, 0.1) is 0 Å². The van der Waals surface area contributed by atoms with E-state index in [4.69, 9.17) is 16.3 Å². The highest BCUT2D eigenvalue weighted by atomic mass is 35.5. The first-order chi connectivity index (χ1) is 16.5. The van der Waals surface area contributed by atoms with Crippen LogP contribution in [0.2, 0.25) is 5.02 Å². The van der Waals surface area contributed by atoms with Crippen LogP contribution >= 0.6 is 11.6 Å². The number of rotatable bonds is 7. The number of piperazine rings is 1. The third-order valence-electron chi connectivity index (χ3n) is 5.34. The maximum absolute atomic E-state index is 13.3. The molecule has 186 valence electrons. The molecule has 1 aliphatic heterocycles. The number of sulfonamides is 2. The Kier molecular flexibility index (Phi) is 6.88. The van der Waals surface area contributed by atoms with Crippen molar-refractivity contribution in [2.24, 2.45) is 7.05 Å². The summed E-state index contributed by atoms with van der Waals surface area (Å²) in [6.45, 7) is -1.11. The number of hydrogen-bond donors (Lipinski definition) is 1. The highest BCUT2D eigenvalue weighted by molar-refractivity contribution is 7.89. The molecule has 0 radical (unpaired) electrons. The molecule has 1 N–H and O–H groups in total. The van der Waals surface area contributed by atoms with Crippen molar-refractivity contribution in [3.05, 3.63) is 66.1 Å². The minimum atomic E-state index is -4.24. The van der Waals surface area contributed by atoms with E-state index in [1.807, 2.05) is 0 Å². The van der Waals surface area contributed by atoms with Gasteiger partial charge < -0.3 is 14.4 Å². The van der Waals surface area contributed by atoms with Crippen molar-refractivity contribution < 1.29 is 31.5 Å². The molecule has 1 saturated heterocycles. The van der Waals surface area contributed by atoms with Gasteiger partial charge in [0.15, 0.2) is 5.03 Å². The summed E-state index contributed by atoms with van der Waals surface area (Å²) in [5.74, 6) is -0.592. The topological polar surface area (TPSA) is 139 Å². The molecule has 1 unspecified atom stereocenters. The highest BCUT2D eigenvalue weighted by Gasteiger charge is 2.44. The number of carbonyl (C=O) groups is 1. The van der Waals surface area contributed by atoms with Gasteiger partial charge in [0.2, 0.25) is 10.0 Å². The number of hydrogen-bond acceptors (Lipinski definition) is 7. The highest BCUT2D eigenvalue weighted by Crippen LogP contribution is 2.28. The Morgan fingerprint density at radius 3 is 2.14 bits per heavy atom. The Hall–Kier alpha value is -2.97. The summed E-state index contributed by atoms with van der Waals surface area (Å²) in [6, 6.07) is 10.5. The maximum atomic E-state index is 13.3. The number of carboxylic acid groups (broad SMARTS) is 1. The minimum Gasteiger partial charge on any atom is -0.480 e. The van der Waals surface area contributed by atoms with E-state index in [1.165, 1.54) is 41.4 Å². The second-order valence-electron chi connectivity index (χ2n) is 7.74. The normalized spacial score (nSPS) is 17.8. The van der Waals surface area contributed by atoms with Crippen LogP contribution in [0.25, 0.3) is 0 Å². The van der Waals surface area contributed by atoms with Crippen molar-refractivity contribution in [1.29, 1.82) is 0 Å². The molecule has 14 heteroatoms. The first kappa shape index (κ1) is 25.1. The average Bonchev–Trinajstić information content (AvgIpc) is 3.27. The van der Waals surface area contributed by atoms with Crippen LogP contribution < -0.4 is 4.74 Å². The van der Waals surface area contributed by atoms with E-state index >= 15 is 0 Å². The second kappa shape index (κ2) is 9.59. The van der Waals surface area contributed by atoms with Gasteiger partial charge in [0.1, 0.15) is 17.5 Å². The van der Waals surface area contributed by atoms with E-state index in [-0.39, 0.29) is 23.0 Å². The Morgan fingerprint density at radius 2 is 1.60 bits per heavy atom. The largest absolute Gasteiger partial charge is 0.480 e. The third-order valence-corrected chi connectivity index (χ3v) is 9.27. The number of aliphatic carboxylic acids is 1. The maximum Gasteiger partial charge on any atom is 0.323 e. The van der Waals surface area contributed by atoms with Crippen LogP contribution in [-0.2, 0) is 31.9 Å². The summed E-state index contributed by atoms with van der Waals surface area (Å²) in [7, 11) is -6.73. The molecule has 0 bridgehead atoms. The summed E-state index contributed by atoms with van der Waals surface area (Å²) >= 11 is 5.85. The monoisotopic (exact) mass is 540 g/mol. The number of benzene rings is 2. The van der Waals surface area contributed by atoms with Gasteiger partial charge in [0.05, 0.1) is 11.2 Å². The number of halogens is 1. The average molecular weight is 541 g/mol. The summed E-state index contributed by atoms with van der Waals surface area (Å²) in [4.78, 5) is 15.6. The lowest BCUT2D eigenvalue weighted by atomic mass is 10.2. The summed E-state index contributed by atoms with van der Waals surface area (Å²) in [6.07, 6.45) is 2.60. The summed E-state index contributed by atoms with van der Waals surface area (Å²) in [5.41, 5.74) is 0. The molecule has 0 saturated carbocycles. The molecule has 2 heterocycles. The van der Waals surface area contributed by atoms with E-state index in [0.717, 1.165) is 8.61 Å². The molecule has 1 aromatic heterocycles. The number of ether oxygens (including phenoxy) is 1. The van der Waals surface area contributed by atoms with Gasteiger partial charge >= 0.3 is 5.97 Å². The SMILES string of the molecule is Cn1cnc(S(=O)(=O)N2CCN(S(=O)(=O)c3ccc(Oc4ccc(Cl)cc4)cc3)C(C(=O)O)C2)c1. The molecule has 0 amide bonds. The van der Waals surface area contributed by atoms with E-state index in [9.17, 15) is 26.7 Å². The molecule has 4 rings (SSSR count). The van der Waals surface area contributed by atoms with E-state index in [0.29, 0.717) is 16.5 Å². The number of aryl methyl sites for hydroxylation is 1. The summed E-state index contributed by atoms with van der Waals surface area (Å²) in [5, 5.41) is 10.0. The van der Waals surface area contributed by atoms with Gasteiger partial charge in [-0.05, 0) is 48.5 Å². The van der Waals surface area contributed by atoms with Gasteiger partial charge in [-0.3, -0.25) is 4.79 Å². The fourth-order valence-electron chi connectivity index (χ4n) is 3.56. The number of nitrogens with zero attached hydrogens (tertiary/aromatic N) is 4. The zero-order valence-corrected chi connectivity index (χ0v) is 20.7. The molecule has 2 aromatic carbocycles. The molecule has 11 nitrogen and oxygen atoms in total. The second-order valence-corrected chi connectivity index (χ2v) is 11.9. The quantitative estimate of drug-likeness (QED) is 0.480. The Balaban J connectivity index is 1.54. The standard InChI is InChI=1S/C21H21ClN4O7S2/c1-24-13-20(23-14-24)35(31,32)25-10-11-26(19(12-25)21(27)28)34(29,30)18-8-6-17(7-9-18)33-16-4-2-15(22)3-5-16/h2-9,13-14,19H,10-12H2,1H3,(H,27,28). The van der Waals surface area contributed by atoms with Gasteiger partial charge in [-0.15, -0.1) is 0 Å². The molecule has 35 heavy (non-hydrogen) atoms. The molecule has 1 aliphatic rings. The van der Waals surface area contributed by atoms with E-state index in [1.54, 1.807) is 31.3 Å². The number of aromatic nitrogens is 2. The van der Waals surface area contributed by atoms with Gasteiger partial charge in [0, 0.05) is 37.9 Å². The Morgan fingerprint density at radius 1 is 1.00 bits per heavy atom. The molecule has 1 fully saturated rings. The Labute approximate surface area is 207 Å². The zero-order chi connectivity index (χ0) is 25.4. The predicted molar refractivity (Wildman–Crippen MR) is 125 cm³/mol. The van der Waals surface area contributed by atoms with E-state index in [2.05, 4.69) is 4.98 Å². The smallest absolute Gasteiger partial charge is 0.323 e. The predicted octanol–water partition coefficient (Wildman–Crippen LogP) is 2.01. The molecule has 0 aliphatic carbocycles. The van der Waals surface area contributed by atoms with E-state index < -0.39 is 38.6 Å². The summed E-state index contributed by atoms with van der Waals surface area (Å²) < 4.78 is 61.1.